The molecule has 1 aliphatic rings. The van der Waals surface area contributed by atoms with Crippen molar-refractivity contribution in [1.82, 2.24) is 0 Å². The zero-order valence-corrected chi connectivity index (χ0v) is 12.3. The van der Waals surface area contributed by atoms with Gasteiger partial charge in [0.25, 0.3) is 0 Å². The molecule has 2 aromatic rings. The van der Waals surface area contributed by atoms with Gasteiger partial charge >= 0.3 is 0 Å². The van der Waals surface area contributed by atoms with Crippen LogP contribution in [0.25, 0.3) is 11.1 Å². The first kappa shape index (κ1) is 13.1. The Balaban J connectivity index is 2.12. The molecule has 0 bridgehead atoms. The minimum Gasteiger partial charge on any atom is -0.495 e. The van der Waals surface area contributed by atoms with Crippen molar-refractivity contribution in [2.45, 2.75) is 6.42 Å². The number of hydrogen-bond donors (Lipinski definition) is 1. The maximum Gasteiger partial charge on any atom is 0.149 e. The van der Waals surface area contributed by atoms with Crippen molar-refractivity contribution >= 4 is 17.3 Å². The second-order valence-corrected chi connectivity index (χ2v) is 5.09. The highest BCUT2D eigenvalue weighted by Crippen LogP contribution is 2.42. The summed E-state index contributed by atoms with van der Waals surface area (Å²) >= 11 is 6.32. The third kappa shape index (κ3) is 2.08. The molecule has 20 heavy (non-hydrogen) atoms. The summed E-state index contributed by atoms with van der Waals surface area (Å²) < 4.78 is 10.7. The van der Waals surface area contributed by atoms with Crippen LogP contribution < -0.4 is 14.8 Å². The first-order valence-corrected chi connectivity index (χ1v) is 6.90. The van der Waals surface area contributed by atoms with Crippen molar-refractivity contribution in [3.05, 3.63) is 40.9 Å². The molecule has 0 aromatic heterocycles. The fourth-order valence-electron chi connectivity index (χ4n) is 2.58. The summed E-state index contributed by atoms with van der Waals surface area (Å²) in [6, 6.07) is 10.2. The molecule has 4 heteroatoms. The molecule has 2 aromatic carbocycles. The normalized spacial score (nSPS) is 12.8. The Morgan fingerprint density at radius 2 is 1.95 bits per heavy atom. The van der Waals surface area contributed by atoms with E-state index in [0.717, 1.165) is 24.1 Å². The van der Waals surface area contributed by atoms with Crippen LogP contribution in [0.4, 0.5) is 5.69 Å². The molecular weight excluding hydrogens is 274 g/mol. The Hall–Kier alpha value is -1.87. The summed E-state index contributed by atoms with van der Waals surface area (Å²) in [5.74, 6) is 1.26. The van der Waals surface area contributed by atoms with Crippen LogP contribution in [0.1, 0.15) is 5.56 Å². The van der Waals surface area contributed by atoms with Crippen LogP contribution in [0.3, 0.4) is 0 Å². The average molecular weight is 290 g/mol. The molecule has 0 saturated heterocycles. The predicted molar refractivity (Wildman–Crippen MR) is 82.2 cm³/mol. The van der Waals surface area contributed by atoms with Gasteiger partial charge in [-0.15, -0.1) is 0 Å². The molecule has 3 rings (SSSR count). The molecule has 1 aliphatic heterocycles. The topological polar surface area (TPSA) is 30.5 Å². The van der Waals surface area contributed by atoms with E-state index in [-0.39, 0.29) is 0 Å². The fraction of sp³-hybridized carbons (Fsp3) is 0.250. The van der Waals surface area contributed by atoms with Crippen molar-refractivity contribution in [3.8, 4) is 22.6 Å². The predicted octanol–water partition coefficient (Wildman–Crippen LogP) is 3.99. The zero-order valence-electron chi connectivity index (χ0n) is 11.5. The molecule has 0 saturated carbocycles. The van der Waals surface area contributed by atoms with Crippen LogP contribution in [0.2, 0.25) is 5.02 Å². The lowest BCUT2D eigenvalue weighted by Gasteiger charge is -2.14. The summed E-state index contributed by atoms with van der Waals surface area (Å²) in [7, 11) is 3.22. The van der Waals surface area contributed by atoms with E-state index >= 15 is 0 Å². The Labute approximate surface area is 123 Å². The highest BCUT2D eigenvalue weighted by Gasteiger charge is 2.16. The highest BCUT2D eigenvalue weighted by molar-refractivity contribution is 6.34. The van der Waals surface area contributed by atoms with Gasteiger partial charge in [-0.05, 0) is 35.7 Å². The van der Waals surface area contributed by atoms with Gasteiger partial charge in [0.05, 0.1) is 14.2 Å². The van der Waals surface area contributed by atoms with Crippen molar-refractivity contribution in [1.29, 1.82) is 0 Å². The first-order valence-electron chi connectivity index (χ1n) is 6.52. The number of hydrogen-bond acceptors (Lipinski definition) is 3. The van der Waals surface area contributed by atoms with Crippen molar-refractivity contribution in [2.24, 2.45) is 0 Å². The largest absolute Gasteiger partial charge is 0.495 e. The summed E-state index contributed by atoms with van der Waals surface area (Å²) in [5, 5.41) is 3.89. The molecule has 104 valence electrons. The van der Waals surface area contributed by atoms with Gasteiger partial charge in [0.2, 0.25) is 0 Å². The molecule has 3 nitrogen and oxygen atoms in total. The van der Waals surface area contributed by atoms with Crippen molar-refractivity contribution < 1.29 is 9.47 Å². The summed E-state index contributed by atoms with van der Waals surface area (Å²) in [4.78, 5) is 0. The number of fused-ring (bicyclic) bond motifs is 1. The van der Waals surface area contributed by atoms with Gasteiger partial charge in [-0.1, -0.05) is 23.7 Å². The summed E-state index contributed by atoms with van der Waals surface area (Å²) in [6.45, 7) is 0.999. The number of ether oxygens (including phenoxy) is 2. The maximum atomic E-state index is 6.32. The molecule has 0 aliphatic carbocycles. The molecule has 0 fully saturated rings. The van der Waals surface area contributed by atoms with Gasteiger partial charge in [-0.2, -0.15) is 0 Å². The van der Waals surface area contributed by atoms with E-state index in [1.54, 1.807) is 14.2 Å². The second kappa shape index (κ2) is 5.25. The van der Waals surface area contributed by atoms with Crippen LogP contribution in [-0.4, -0.2) is 20.8 Å². The van der Waals surface area contributed by atoms with Crippen molar-refractivity contribution in [2.75, 3.05) is 26.1 Å². The van der Waals surface area contributed by atoms with Gasteiger partial charge in [0.1, 0.15) is 16.5 Å². The minimum absolute atomic E-state index is 0.501. The zero-order chi connectivity index (χ0) is 14.1. The molecule has 0 atom stereocenters. The van der Waals surface area contributed by atoms with E-state index in [0.29, 0.717) is 16.5 Å². The number of benzene rings is 2. The smallest absolute Gasteiger partial charge is 0.149 e. The van der Waals surface area contributed by atoms with E-state index in [1.165, 1.54) is 11.3 Å². The van der Waals surface area contributed by atoms with Crippen LogP contribution >= 0.6 is 11.6 Å². The fourth-order valence-corrected chi connectivity index (χ4v) is 2.90. The SMILES string of the molecule is COc1ccc(-c2ccc3c(c2)NCC3)c(OC)c1Cl. The lowest BCUT2D eigenvalue weighted by Crippen LogP contribution is -1.94. The van der Waals surface area contributed by atoms with Gasteiger partial charge in [0.15, 0.2) is 0 Å². The van der Waals surface area contributed by atoms with Gasteiger partial charge in [-0.3, -0.25) is 0 Å². The molecule has 0 amide bonds. The van der Waals surface area contributed by atoms with E-state index < -0.39 is 0 Å². The summed E-state index contributed by atoms with van der Waals surface area (Å²) in [6.07, 6.45) is 1.08. The quantitative estimate of drug-likeness (QED) is 0.927. The molecule has 0 unspecified atom stereocenters. The lowest BCUT2D eigenvalue weighted by molar-refractivity contribution is 0.396. The molecule has 0 spiro atoms. The van der Waals surface area contributed by atoms with Gasteiger partial charge < -0.3 is 14.8 Å². The standard InChI is InChI=1S/C16H16ClNO2/c1-19-14-6-5-12(16(20-2)15(14)17)11-4-3-10-7-8-18-13(10)9-11/h3-6,9,18H,7-8H2,1-2H3. The second-order valence-electron chi connectivity index (χ2n) is 4.71. The third-order valence-electron chi connectivity index (χ3n) is 3.62. The third-order valence-corrected chi connectivity index (χ3v) is 3.97. The summed E-state index contributed by atoms with van der Waals surface area (Å²) in [5.41, 5.74) is 4.60. The average Bonchev–Trinajstić information content (AvgIpc) is 2.94. The van der Waals surface area contributed by atoms with E-state index in [9.17, 15) is 0 Å². The van der Waals surface area contributed by atoms with E-state index in [4.69, 9.17) is 21.1 Å². The molecule has 1 N–H and O–H groups in total. The highest BCUT2D eigenvalue weighted by atomic mass is 35.5. The Morgan fingerprint density at radius 3 is 2.70 bits per heavy atom. The van der Waals surface area contributed by atoms with Gasteiger partial charge in [-0.25, -0.2) is 0 Å². The van der Waals surface area contributed by atoms with Crippen LogP contribution in [0.15, 0.2) is 30.3 Å². The maximum absolute atomic E-state index is 6.32. The van der Waals surface area contributed by atoms with Crippen molar-refractivity contribution in [3.63, 3.8) is 0 Å². The first-order chi connectivity index (χ1) is 9.74. The van der Waals surface area contributed by atoms with E-state index in [2.05, 4.69) is 23.5 Å². The number of nitrogens with one attached hydrogen (secondary N) is 1. The number of rotatable bonds is 3. The number of methoxy groups -OCH3 is 2. The van der Waals surface area contributed by atoms with Crippen LogP contribution in [-0.2, 0) is 6.42 Å². The Kier molecular flexibility index (Phi) is 3.45. The molecular formula is C16H16ClNO2. The Bertz CT molecular complexity index is 655. The Morgan fingerprint density at radius 1 is 1.10 bits per heavy atom. The lowest BCUT2D eigenvalue weighted by atomic mass is 10.0. The van der Waals surface area contributed by atoms with E-state index in [1.807, 2.05) is 12.1 Å². The molecule has 0 radical (unpaired) electrons. The monoisotopic (exact) mass is 289 g/mol. The van der Waals surface area contributed by atoms with Crippen LogP contribution in [0.5, 0.6) is 11.5 Å². The minimum atomic E-state index is 0.501. The molecule has 1 heterocycles. The van der Waals surface area contributed by atoms with Gasteiger partial charge in [0, 0.05) is 17.8 Å². The van der Waals surface area contributed by atoms with Crippen LogP contribution in [0, 0.1) is 0 Å². The number of anilines is 1. The number of halogens is 1.